The number of benzene rings is 1. The third-order valence-electron chi connectivity index (χ3n) is 7.78. The van der Waals surface area contributed by atoms with Crippen LogP contribution >= 0.6 is 0 Å². The fourth-order valence-corrected chi connectivity index (χ4v) is 5.34. The molecule has 234 valence electrons. The smallest absolute Gasteiger partial charge is 0.244 e. The minimum Gasteiger partial charge on any atom is -0.469 e. The second-order valence-corrected chi connectivity index (χ2v) is 11.0. The summed E-state index contributed by atoms with van der Waals surface area (Å²) in [6, 6.07) is 8.39. The molecule has 0 unspecified atom stereocenters. The lowest BCUT2D eigenvalue weighted by molar-refractivity contribution is -0.132. The molecule has 1 aromatic heterocycles. The Balaban J connectivity index is 1.52. The molecule has 6 amide bonds. The zero-order chi connectivity index (χ0) is 31.5. The van der Waals surface area contributed by atoms with E-state index in [1.807, 2.05) is 0 Å². The summed E-state index contributed by atoms with van der Waals surface area (Å²) in [5.74, 6) is -2.67. The summed E-state index contributed by atoms with van der Waals surface area (Å²) >= 11 is 0. The van der Waals surface area contributed by atoms with Crippen LogP contribution in [0, 0.1) is 5.92 Å². The highest BCUT2D eigenvalue weighted by molar-refractivity contribution is 5.97. The predicted octanol–water partition coefficient (Wildman–Crippen LogP) is -0.113. The Hall–Kier alpha value is -4.94. The van der Waals surface area contributed by atoms with E-state index in [0.29, 0.717) is 42.6 Å². The molecule has 1 aliphatic carbocycles. The molecule has 3 aliphatic rings. The molecule has 3 heterocycles. The van der Waals surface area contributed by atoms with E-state index in [9.17, 15) is 28.8 Å². The summed E-state index contributed by atoms with van der Waals surface area (Å²) in [7, 11) is 0. The number of furan rings is 1. The topological polar surface area (TPSA) is 202 Å². The van der Waals surface area contributed by atoms with Crippen LogP contribution in [0.2, 0.25) is 0 Å². The van der Waals surface area contributed by atoms with Crippen molar-refractivity contribution in [1.82, 2.24) is 26.6 Å². The van der Waals surface area contributed by atoms with Gasteiger partial charge in [-0.3, -0.25) is 28.8 Å². The summed E-state index contributed by atoms with van der Waals surface area (Å²) in [4.78, 5) is 76.0. The van der Waals surface area contributed by atoms with Gasteiger partial charge in [0.2, 0.25) is 35.4 Å². The van der Waals surface area contributed by atoms with Gasteiger partial charge in [-0.2, -0.15) is 0 Å². The summed E-state index contributed by atoms with van der Waals surface area (Å²) in [5.41, 5.74) is 6.79. The number of primary amides is 1. The molecule has 13 heteroatoms. The van der Waals surface area contributed by atoms with Gasteiger partial charge in [-0.05, 0) is 55.4 Å². The van der Waals surface area contributed by atoms with Gasteiger partial charge in [-0.1, -0.05) is 24.3 Å². The van der Waals surface area contributed by atoms with E-state index in [-0.39, 0.29) is 50.2 Å². The molecule has 0 radical (unpaired) electrons. The minimum atomic E-state index is -1.03. The highest BCUT2D eigenvalue weighted by Gasteiger charge is 2.30. The number of fused-ring (bicyclic) bond motifs is 17. The van der Waals surface area contributed by atoms with Crippen molar-refractivity contribution >= 4 is 35.4 Å². The number of hydrogen-bond acceptors (Lipinski definition) is 7. The Labute approximate surface area is 254 Å². The molecule has 1 saturated carbocycles. The van der Waals surface area contributed by atoms with E-state index < -0.39 is 41.6 Å². The van der Waals surface area contributed by atoms with Crippen molar-refractivity contribution in [1.29, 1.82) is 0 Å². The number of rotatable bonds is 3. The fourth-order valence-electron chi connectivity index (χ4n) is 5.34. The monoisotopic (exact) mass is 606 g/mol. The lowest BCUT2D eigenvalue weighted by atomic mass is 9.85. The van der Waals surface area contributed by atoms with E-state index in [1.165, 1.54) is 6.26 Å². The lowest BCUT2D eigenvalue weighted by Crippen LogP contribution is -2.50. The van der Waals surface area contributed by atoms with E-state index >= 15 is 0 Å². The highest BCUT2D eigenvalue weighted by atomic mass is 16.3. The Morgan fingerprint density at radius 3 is 2.23 bits per heavy atom. The van der Waals surface area contributed by atoms with Gasteiger partial charge < -0.3 is 36.7 Å². The molecular formula is C31H38N6O7. The number of hydrogen-bond donors (Lipinski definition) is 6. The minimum absolute atomic E-state index is 0.0343. The number of nitrogens with two attached hydrogens (primary N) is 1. The molecule has 1 aromatic carbocycles. The Kier molecular flexibility index (Phi) is 11.3. The van der Waals surface area contributed by atoms with Crippen LogP contribution in [-0.4, -0.2) is 60.1 Å². The first-order valence-electron chi connectivity index (χ1n) is 14.7. The van der Waals surface area contributed by atoms with Crippen LogP contribution in [0.4, 0.5) is 0 Å². The van der Waals surface area contributed by atoms with Crippen LogP contribution in [0.25, 0.3) is 0 Å². The van der Waals surface area contributed by atoms with Crippen LogP contribution < -0.4 is 32.3 Å². The molecule has 7 N–H and O–H groups in total. The first-order chi connectivity index (χ1) is 21.2. The van der Waals surface area contributed by atoms with Crippen LogP contribution in [0.5, 0.6) is 0 Å². The van der Waals surface area contributed by atoms with E-state index in [2.05, 4.69) is 26.6 Å². The second-order valence-electron chi connectivity index (χ2n) is 11.0. The maximum Gasteiger partial charge on any atom is 0.244 e. The van der Waals surface area contributed by atoms with E-state index in [1.54, 1.807) is 36.4 Å². The van der Waals surface area contributed by atoms with Gasteiger partial charge >= 0.3 is 0 Å². The molecule has 5 rings (SSSR count). The largest absolute Gasteiger partial charge is 0.469 e. The molecule has 44 heavy (non-hydrogen) atoms. The average Bonchev–Trinajstić information content (AvgIpc) is 3.51. The van der Waals surface area contributed by atoms with Gasteiger partial charge in [0.15, 0.2) is 0 Å². The molecular weight excluding hydrogens is 568 g/mol. The Bertz CT molecular complexity index is 1380. The average molecular weight is 607 g/mol. The maximum absolute atomic E-state index is 13.4. The number of amides is 6. The zero-order valence-electron chi connectivity index (χ0n) is 24.3. The van der Waals surface area contributed by atoms with Crippen LogP contribution in [-0.2, 0) is 48.2 Å². The second kappa shape index (κ2) is 15.5. The summed E-state index contributed by atoms with van der Waals surface area (Å²) < 4.78 is 5.43. The van der Waals surface area contributed by atoms with Gasteiger partial charge in [0.05, 0.1) is 12.7 Å². The third-order valence-corrected chi connectivity index (χ3v) is 7.78. The number of nitrogens with one attached hydrogen (secondary N) is 5. The first-order valence-corrected chi connectivity index (χ1v) is 14.7. The van der Waals surface area contributed by atoms with Crippen molar-refractivity contribution in [2.45, 2.75) is 69.6 Å². The molecule has 0 spiro atoms. The van der Waals surface area contributed by atoms with Crippen LogP contribution in [0.3, 0.4) is 0 Å². The lowest BCUT2D eigenvalue weighted by Gasteiger charge is -2.29. The van der Waals surface area contributed by atoms with Crippen molar-refractivity contribution in [3.63, 3.8) is 0 Å². The molecule has 2 bridgehead atoms. The van der Waals surface area contributed by atoms with Crippen LogP contribution in [0.1, 0.15) is 49.0 Å². The van der Waals surface area contributed by atoms with Crippen molar-refractivity contribution in [2.24, 2.45) is 11.7 Å². The highest BCUT2D eigenvalue weighted by Crippen LogP contribution is 2.25. The van der Waals surface area contributed by atoms with Crippen molar-refractivity contribution in [3.05, 3.63) is 71.7 Å². The van der Waals surface area contributed by atoms with Crippen molar-refractivity contribution in [2.75, 3.05) is 6.54 Å². The first kappa shape index (κ1) is 32.0. The van der Waals surface area contributed by atoms with Crippen molar-refractivity contribution in [3.8, 4) is 0 Å². The SMILES string of the molecule is NC(=O)[C@@H]1CCNC(=O)/C=C\C(=O)N[C@H]2CC[C@H](CC2)C(=O)N[C@@H](Cc2ccco2)C(=O)NCc2ccccc2CC(=O)N1. The van der Waals surface area contributed by atoms with Crippen LogP contribution in [0.15, 0.2) is 59.2 Å². The molecule has 0 saturated heterocycles. The van der Waals surface area contributed by atoms with Gasteiger partial charge in [0.1, 0.15) is 17.8 Å². The third kappa shape index (κ3) is 9.54. The summed E-state index contributed by atoms with van der Waals surface area (Å²) in [5, 5.41) is 13.8. The summed E-state index contributed by atoms with van der Waals surface area (Å²) in [6.45, 7) is 0.128. The molecule has 2 atom stereocenters. The molecule has 2 aliphatic heterocycles. The quantitative estimate of drug-likeness (QED) is 0.280. The van der Waals surface area contributed by atoms with E-state index in [4.69, 9.17) is 10.2 Å². The molecule has 2 aromatic rings. The Morgan fingerprint density at radius 1 is 0.795 bits per heavy atom. The maximum atomic E-state index is 13.4. The normalized spacial score (nSPS) is 25.2. The van der Waals surface area contributed by atoms with Gasteiger partial charge in [0.25, 0.3) is 0 Å². The number of carbonyl (C=O) groups is 6. The molecule has 13 nitrogen and oxygen atoms in total. The molecule has 1 fully saturated rings. The predicted molar refractivity (Wildman–Crippen MR) is 158 cm³/mol. The standard InChI is InChI=1S/C31H38N6O7/c32-29(41)24-13-14-33-26(38)11-12-27(39)35-22-9-7-19(8-10-22)30(42)37-25(17-23-6-3-15-44-23)31(43)34-18-21-5-2-1-4-20(21)16-28(40)36-24/h1-6,11-12,15,19,22,24-25H,7-10,13-14,16-18H2,(H2,32,41)(H,33,38)(H,34,43)(H,35,39)(H,36,40)(H,37,42)/b12-11-/t19-,22+,24-,25-/m0/s1. The zero-order valence-corrected chi connectivity index (χ0v) is 24.3. The van der Waals surface area contributed by atoms with E-state index in [0.717, 1.165) is 12.2 Å². The Morgan fingerprint density at radius 2 is 1.52 bits per heavy atom. The van der Waals surface area contributed by atoms with Gasteiger partial charge in [0, 0.05) is 43.6 Å². The summed E-state index contributed by atoms with van der Waals surface area (Å²) in [6.07, 6.45) is 5.99. The van der Waals surface area contributed by atoms with Gasteiger partial charge in [-0.25, -0.2) is 0 Å². The fraction of sp³-hybridized carbons (Fsp3) is 0.419. The van der Waals surface area contributed by atoms with Gasteiger partial charge in [-0.15, -0.1) is 0 Å². The van der Waals surface area contributed by atoms with Crippen molar-refractivity contribution < 1.29 is 33.2 Å². The number of carbonyl (C=O) groups excluding carboxylic acids is 6.